The number of aryl methyl sites for hydroxylation is 2. The van der Waals surface area contributed by atoms with Gasteiger partial charge in [-0.15, -0.1) is 0 Å². The van der Waals surface area contributed by atoms with E-state index < -0.39 is 0 Å². The lowest BCUT2D eigenvalue weighted by atomic mass is 9.99. The Hall–Kier alpha value is -5.87. The monoisotopic (exact) mass is 579 g/mol. The van der Waals surface area contributed by atoms with Crippen LogP contribution in [0.2, 0.25) is 0 Å². The summed E-state index contributed by atoms with van der Waals surface area (Å²) in [6.07, 6.45) is 0. The number of hydrogen-bond acceptors (Lipinski definition) is 2. The molecule has 0 atom stereocenters. The molecule has 0 aliphatic rings. The topological polar surface area (TPSA) is 35.1 Å². The maximum Gasteiger partial charge on any atom is 0.298 e. The van der Waals surface area contributed by atoms with Gasteiger partial charge in [0.25, 0.3) is 5.82 Å². The molecule has 0 saturated carbocycles. The number of benzene rings is 7. The summed E-state index contributed by atoms with van der Waals surface area (Å²) in [6, 6.07) is 45.2. The van der Waals surface area contributed by atoms with Crippen molar-refractivity contribution in [2.75, 3.05) is 0 Å². The smallest absolute Gasteiger partial charge is 0.298 e. The summed E-state index contributed by atoms with van der Waals surface area (Å²) in [5, 5.41) is 9.30. The van der Waals surface area contributed by atoms with Crippen LogP contribution in [0, 0.1) is 6.92 Å². The highest BCUT2D eigenvalue weighted by Gasteiger charge is 2.31. The second-order valence-electron chi connectivity index (χ2n) is 12.0. The molecular weight excluding hydrogens is 552 g/mol. The van der Waals surface area contributed by atoms with Crippen LogP contribution in [-0.4, -0.2) is 4.57 Å². The highest BCUT2D eigenvalue weighted by Crippen LogP contribution is 2.42. The third-order valence-electron chi connectivity index (χ3n) is 9.59. The van der Waals surface area contributed by atoms with E-state index in [0.29, 0.717) is 0 Å². The van der Waals surface area contributed by atoms with Gasteiger partial charge < -0.3 is 8.83 Å². The first-order chi connectivity index (χ1) is 22.2. The van der Waals surface area contributed by atoms with Gasteiger partial charge in [0, 0.05) is 33.0 Å². The van der Waals surface area contributed by atoms with E-state index in [-0.39, 0.29) is 0 Å². The summed E-state index contributed by atoms with van der Waals surface area (Å²) in [5.41, 5.74) is 9.13. The third-order valence-corrected chi connectivity index (χ3v) is 9.59. The van der Waals surface area contributed by atoms with Crippen molar-refractivity contribution in [2.45, 2.75) is 6.92 Å². The molecule has 3 aromatic heterocycles. The predicted molar refractivity (Wildman–Crippen MR) is 184 cm³/mol. The summed E-state index contributed by atoms with van der Waals surface area (Å²) < 4.78 is 18.0. The van der Waals surface area contributed by atoms with Crippen molar-refractivity contribution >= 4 is 76.5 Å². The van der Waals surface area contributed by atoms with Gasteiger partial charge >= 0.3 is 0 Å². The maximum atomic E-state index is 6.99. The van der Waals surface area contributed by atoms with Crippen molar-refractivity contribution in [1.29, 1.82) is 0 Å². The van der Waals surface area contributed by atoms with E-state index >= 15 is 0 Å². The summed E-state index contributed by atoms with van der Waals surface area (Å²) >= 11 is 0. The van der Waals surface area contributed by atoms with E-state index in [1.54, 1.807) is 0 Å². The van der Waals surface area contributed by atoms with E-state index in [9.17, 15) is 0 Å². The molecule has 45 heavy (non-hydrogen) atoms. The Labute approximate surface area is 257 Å². The highest BCUT2D eigenvalue weighted by atomic mass is 16.3. The molecule has 0 spiro atoms. The zero-order chi connectivity index (χ0) is 29.8. The summed E-state index contributed by atoms with van der Waals surface area (Å²) in [4.78, 5) is 0. The minimum atomic E-state index is 0.873. The molecule has 0 aliphatic carbocycles. The fraction of sp³-hybridized carbons (Fsp3) is 0.0488. The van der Waals surface area contributed by atoms with Gasteiger partial charge in [-0.05, 0) is 71.1 Å². The Balaban J connectivity index is 1.31. The molecule has 10 aromatic rings. The second kappa shape index (κ2) is 8.84. The van der Waals surface area contributed by atoms with Crippen LogP contribution < -0.4 is 4.57 Å². The molecule has 0 radical (unpaired) electrons. The first-order valence-corrected chi connectivity index (χ1v) is 15.3. The number of hydrogen-bond donors (Lipinski definition) is 0. The van der Waals surface area contributed by atoms with Crippen molar-refractivity contribution in [2.24, 2.45) is 7.05 Å². The molecule has 0 amide bonds. The number of nitrogens with zero attached hydrogens (tertiary/aromatic N) is 2. The SMILES string of the molecule is Cc1ccc2c(oc3c2ccc2c4ccccc4ccc23)c1-c1n(-c2ccc3c(c2)oc2ccccc23)c2ccccc2[n+]1C. The molecule has 0 unspecified atom stereocenters. The maximum absolute atomic E-state index is 6.99. The molecule has 0 saturated heterocycles. The van der Waals surface area contributed by atoms with Gasteiger partial charge in [0.2, 0.25) is 0 Å². The van der Waals surface area contributed by atoms with Crippen molar-refractivity contribution in [3.63, 3.8) is 0 Å². The van der Waals surface area contributed by atoms with Crippen LogP contribution in [0.5, 0.6) is 0 Å². The molecule has 3 heterocycles. The Morgan fingerprint density at radius 1 is 0.533 bits per heavy atom. The lowest BCUT2D eigenvalue weighted by Crippen LogP contribution is -2.30. The molecule has 4 nitrogen and oxygen atoms in total. The lowest BCUT2D eigenvalue weighted by Gasteiger charge is -2.07. The molecule has 10 rings (SSSR count). The van der Waals surface area contributed by atoms with Crippen LogP contribution in [0.15, 0.2) is 136 Å². The van der Waals surface area contributed by atoms with Gasteiger partial charge in [-0.25, -0.2) is 4.57 Å². The van der Waals surface area contributed by atoms with Crippen molar-refractivity contribution in [3.8, 4) is 17.1 Å². The molecule has 0 aliphatic heterocycles. The van der Waals surface area contributed by atoms with Crippen molar-refractivity contribution in [1.82, 2.24) is 4.57 Å². The van der Waals surface area contributed by atoms with Gasteiger partial charge in [-0.3, -0.25) is 0 Å². The van der Waals surface area contributed by atoms with Crippen LogP contribution in [0.4, 0.5) is 0 Å². The quantitative estimate of drug-likeness (QED) is 0.151. The average Bonchev–Trinajstić information content (AvgIpc) is 3.74. The normalized spacial score (nSPS) is 12.2. The van der Waals surface area contributed by atoms with Gasteiger partial charge in [-0.1, -0.05) is 78.9 Å². The standard InChI is InChI=1S/C41H27N2O2/c1-24-15-18-33-32-22-21-28-27-10-4-3-9-25(27)16-19-31(28)39(32)45-40(33)38(24)41-42(2)34-12-6-7-13-35(34)43(41)26-17-20-30-29-11-5-8-14-36(29)44-37(30)23-26/h3-23H,1-2H3/q+1. The van der Waals surface area contributed by atoms with E-state index in [2.05, 4.69) is 138 Å². The minimum absolute atomic E-state index is 0.873. The average molecular weight is 580 g/mol. The van der Waals surface area contributed by atoms with E-state index in [1.807, 2.05) is 12.1 Å². The first kappa shape index (κ1) is 24.6. The van der Waals surface area contributed by atoms with Crippen LogP contribution in [0.25, 0.3) is 93.5 Å². The Kier molecular flexibility index (Phi) is 4.82. The number of fused-ring (bicyclic) bond motifs is 11. The molecule has 0 bridgehead atoms. The van der Waals surface area contributed by atoms with E-state index in [0.717, 1.165) is 82.9 Å². The zero-order valence-electron chi connectivity index (χ0n) is 24.8. The van der Waals surface area contributed by atoms with Crippen LogP contribution in [0.1, 0.15) is 5.56 Å². The first-order valence-electron chi connectivity index (χ1n) is 15.3. The largest absolute Gasteiger partial charge is 0.456 e. The van der Waals surface area contributed by atoms with E-state index in [4.69, 9.17) is 8.83 Å². The highest BCUT2D eigenvalue weighted by molar-refractivity contribution is 6.21. The number of imidazole rings is 1. The molecule has 212 valence electrons. The Morgan fingerprint density at radius 2 is 1.20 bits per heavy atom. The Morgan fingerprint density at radius 3 is 2.13 bits per heavy atom. The van der Waals surface area contributed by atoms with E-state index in [1.165, 1.54) is 16.2 Å². The van der Waals surface area contributed by atoms with Gasteiger partial charge in [0.1, 0.15) is 28.0 Å². The molecule has 0 fully saturated rings. The predicted octanol–water partition coefficient (Wildman–Crippen LogP) is 10.5. The zero-order valence-corrected chi connectivity index (χ0v) is 24.8. The molecule has 0 N–H and O–H groups in total. The van der Waals surface area contributed by atoms with Crippen LogP contribution in [-0.2, 0) is 7.05 Å². The second-order valence-corrected chi connectivity index (χ2v) is 12.0. The number of para-hydroxylation sites is 3. The fourth-order valence-electron chi connectivity index (χ4n) is 7.47. The van der Waals surface area contributed by atoms with Gasteiger partial charge in [0.15, 0.2) is 16.6 Å². The molecule has 4 heteroatoms. The van der Waals surface area contributed by atoms with Crippen LogP contribution in [0.3, 0.4) is 0 Å². The minimum Gasteiger partial charge on any atom is -0.456 e. The Bertz CT molecular complexity index is 2850. The number of rotatable bonds is 2. The summed E-state index contributed by atoms with van der Waals surface area (Å²) in [7, 11) is 2.15. The van der Waals surface area contributed by atoms with Crippen molar-refractivity contribution in [3.05, 3.63) is 133 Å². The summed E-state index contributed by atoms with van der Waals surface area (Å²) in [6.45, 7) is 2.18. The third kappa shape index (κ3) is 3.28. The fourth-order valence-corrected chi connectivity index (χ4v) is 7.47. The van der Waals surface area contributed by atoms with Gasteiger partial charge in [0.05, 0.1) is 7.05 Å². The molecular formula is C41H27N2O2+. The number of furan rings is 2. The summed E-state index contributed by atoms with van der Waals surface area (Å²) in [5.74, 6) is 1.06. The number of aromatic nitrogens is 2. The van der Waals surface area contributed by atoms with Gasteiger partial charge in [-0.2, -0.15) is 4.57 Å². The van der Waals surface area contributed by atoms with Crippen molar-refractivity contribution < 1.29 is 13.4 Å². The molecule has 7 aromatic carbocycles. The lowest BCUT2D eigenvalue weighted by molar-refractivity contribution is -0.633. The van der Waals surface area contributed by atoms with Crippen LogP contribution >= 0.6 is 0 Å².